The Morgan fingerprint density at radius 2 is 2.21 bits per heavy atom. The van der Waals surface area contributed by atoms with E-state index in [2.05, 4.69) is 26.6 Å². The van der Waals surface area contributed by atoms with E-state index < -0.39 is 6.10 Å². The summed E-state index contributed by atoms with van der Waals surface area (Å²) in [4.78, 5) is 4.43. The molecule has 1 aliphatic rings. The van der Waals surface area contributed by atoms with Crippen LogP contribution in [0.15, 0.2) is 12.4 Å². The Labute approximate surface area is 141 Å². The highest BCUT2D eigenvalue weighted by Crippen LogP contribution is 2.37. The number of nitrogens with zero attached hydrogens (tertiary/aromatic N) is 5. The van der Waals surface area contributed by atoms with Crippen molar-refractivity contribution < 1.29 is 5.11 Å². The molecule has 126 valence electrons. The lowest BCUT2D eigenvalue weighted by atomic mass is 10.0. The molecule has 7 nitrogen and oxygen atoms in total. The number of aromatic nitrogens is 4. The Morgan fingerprint density at radius 3 is 2.88 bits per heavy atom. The monoisotopic (exact) mass is 326 g/mol. The summed E-state index contributed by atoms with van der Waals surface area (Å²) < 4.78 is 1.91. The predicted octanol–water partition coefficient (Wildman–Crippen LogP) is 1.67. The van der Waals surface area contributed by atoms with Gasteiger partial charge in [-0.2, -0.15) is 5.26 Å². The lowest BCUT2D eigenvalue weighted by molar-refractivity contribution is 0.137. The third-order valence-electron chi connectivity index (χ3n) is 4.76. The topological polar surface area (TPSA) is 99.7 Å². The van der Waals surface area contributed by atoms with E-state index in [0.29, 0.717) is 24.3 Å². The SMILES string of the molecule is Cc1cc(C)c(C#N)c(NC[C@H]2C[C@H](c3nncn3C)C[C@H]2O)n1. The highest BCUT2D eigenvalue weighted by atomic mass is 16.3. The summed E-state index contributed by atoms with van der Waals surface area (Å²) in [6.07, 6.45) is 2.82. The average Bonchev–Trinajstić information content (AvgIpc) is 3.10. The van der Waals surface area contributed by atoms with Gasteiger partial charge in [-0.25, -0.2) is 4.98 Å². The fourth-order valence-corrected chi connectivity index (χ4v) is 3.53. The van der Waals surface area contributed by atoms with Crippen molar-refractivity contribution >= 4 is 5.82 Å². The fourth-order valence-electron chi connectivity index (χ4n) is 3.53. The molecule has 2 aromatic rings. The smallest absolute Gasteiger partial charge is 0.144 e. The number of pyridine rings is 1. The van der Waals surface area contributed by atoms with Crippen LogP contribution in [0, 0.1) is 31.1 Å². The number of hydrogen-bond donors (Lipinski definition) is 2. The third-order valence-corrected chi connectivity index (χ3v) is 4.76. The zero-order chi connectivity index (χ0) is 17.3. The van der Waals surface area contributed by atoms with E-state index >= 15 is 0 Å². The van der Waals surface area contributed by atoms with Gasteiger partial charge in [0.15, 0.2) is 0 Å². The van der Waals surface area contributed by atoms with Gasteiger partial charge in [0, 0.05) is 31.1 Å². The van der Waals surface area contributed by atoms with Gasteiger partial charge in [-0.05, 0) is 38.3 Å². The molecule has 1 fully saturated rings. The summed E-state index contributed by atoms with van der Waals surface area (Å²) in [7, 11) is 1.92. The molecule has 3 rings (SSSR count). The molecule has 0 aromatic carbocycles. The van der Waals surface area contributed by atoms with Crippen LogP contribution in [0.4, 0.5) is 5.82 Å². The van der Waals surface area contributed by atoms with E-state index in [1.54, 1.807) is 6.33 Å². The Balaban J connectivity index is 1.70. The highest BCUT2D eigenvalue weighted by Gasteiger charge is 2.35. The van der Waals surface area contributed by atoms with Gasteiger partial charge in [0.05, 0.1) is 11.7 Å². The lowest BCUT2D eigenvalue weighted by Crippen LogP contribution is -2.22. The maximum absolute atomic E-state index is 10.4. The minimum Gasteiger partial charge on any atom is -0.393 e. The molecule has 0 radical (unpaired) electrons. The Kier molecular flexibility index (Phi) is 4.49. The zero-order valence-electron chi connectivity index (χ0n) is 14.2. The van der Waals surface area contributed by atoms with Gasteiger partial charge in [0.1, 0.15) is 24.0 Å². The molecule has 1 aliphatic carbocycles. The second kappa shape index (κ2) is 6.57. The number of aryl methyl sites for hydroxylation is 3. The van der Waals surface area contributed by atoms with Crippen LogP contribution >= 0.6 is 0 Å². The molecular weight excluding hydrogens is 304 g/mol. The fraction of sp³-hybridized carbons (Fsp3) is 0.529. The molecule has 0 unspecified atom stereocenters. The summed E-state index contributed by atoms with van der Waals surface area (Å²) in [6, 6.07) is 4.11. The van der Waals surface area contributed by atoms with E-state index in [1.165, 1.54) is 0 Å². The summed E-state index contributed by atoms with van der Waals surface area (Å²) in [5.74, 6) is 1.82. The van der Waals surface area contributed by atoms with Crippen LogP contribution in [-0.4, -0.2) is 37.5 Å². The van der Waals surface area contributed by atoms with Crippen molar-refractivity contribution in [3.8, 4) is 6.07 Å². The molecule has 0 bridgehead atoms. The standard InChI is InChI=1S/C17H22N6O/c1-10-4-11(2)21-16(14(10)7-18)19-8-13-5-12(6-15(13)24)17-22-20-9-23(17)3/h4,9,12-13,15,24H,5-6,8H2,1-3H3,(H,19,21)/t12-,13+,15+/m0/s1. The number of aliphatic hydroxyl groups is 1. The van der Waals surface area contributed by atoms with Crippen LogP contribution in [-0.2, 0) is 7.05 Å². The Bertz CT molecular complexity index is 778. The number of aliphatic hydroxyl groups excluding tert-OH is 1. The molecule has 2 aromatic heterocycles. The van der Waals surface area contributed by atoms with Crippen LogP contribution in [0.25, 0.3) is 0 Å². The number of nitrogens with one attached hydrogen (secondary N) is 1. The van der Waals surface area contributed by atoms with Gasteiger partial charge in [-0.1, -0.05) is 0 Å². The van der Waals surface area contributed by atoms with Crippen LogP contribution < -0.4 is 5.32 Å². The number of hydrogen-bond acceptors (Lipinski definition) is 6. The first-order chi connectivity index (χ1) is 11.5. The van der Waals surface area contributed by atoms with Crippen molar-refractivity contribution in [2.75, 3.05) is 11.9 Å². The van der Waals surface area contributed by atoms with Crippen molar-refractivity contribution in [2.24, 2.45) is 13.0 Å². The molecule has 24 heavy (non-hydrogen) atoms. The van der Waals surface area contributed by atoms with Crippen molar-refractivity contribution in [1.82, 2.24) is 19.7 Å². The molecule has 0 aliphatic heterocycles. The predicted molar refractivity (Wildman–Crippen MR) is 89.4 cm³/mol. The maximum atomic E-state index is 10.4. The molecular formula is C17H22N6O. The van der Waals surface area contributed by atoms with E-state index in [1.807, 2.05) is 31.5 Å². The molecule has 2 heterocycles. The molecule has 1 saturated carbocycles. The van der Waals surface area contributed by atoms with Crippen molar-refractivity contribution in [3.05, 3.63) is 35.0 Å². The largest absolute Gasteiger partial charge is 0.393 e. The third kappa shape index (κ3) is 3.10. The minimum absolute atomic E-state index is 0.0980. The van der Waals surface area contributed by atoms with Crippen LogP contribution in [0.5, 0.6) is 0 Å². The van der Waals surface area contributed by atoms with Gasteiger partial charge < -0.3 is 15.0 Å². The molecule has 0 amide bonds. The zero-order valence-corrected chi connectivity index (χ0v) is 14.2. The van der Waals surface area contributed by atoms with Crippen molar-refractivity contribution in [2.45, 2.75) is 38.7 Å². The number of anilines is 1. The molecule has 0 spiro atoms. The summed E-state index contributed by atoms with van der Waals surface area (Å²) in [5.41, 5.74) is 2.35. The van der Waals surface area contributed by atoms with Gasteiger partial charge >= 0.3 is 0 Å². The number of nitriles is 1. The van der Waals surface area contributed by atoms with E-state index in [-0.39, 0.29) is 11.8 Å². The maximum Gasteiger partial charge on any atom is 0.144 e. The first kappa shape index (κ1) is 16.4. The number of rotatable bonds is 4. The van der Waals surface area contributed by atoms with Gasteiger partial charge in [0.25, 0.3) is 0 Å². The summed E-state index contributed by atoms with van der Waals surface area (Å²) in [5, 5.41) is 31.1. The normalized spacial score (nSPS) is 23.2. The molecule has 3 atom stereocenters. The van der Waals surface area contributed by atoms with Crippen molar-refractivity contribution in [3.63, 3.8) is 0 Å². The molecule has 7 heteroatoms. The average molecular weight is 326 g/mol. The van der Waals surface area contributed by atoms with E-state index in [9.17, 15) is 10.4 Å². The lowest BCUT2D eigenvalue weighted by Gasteiger charge is -2.17. The van der Waals surface area contributed by atoms with E-state index in [0.717, 1.165) is 23.5 Å². The Hall–Kier alpha value is -2.46. The summed E-state index contributed by atoms with van der Waals surface area (Å²) >= 11 is 0. The minimum atomic E-state index is -0.393. The van der Waals surface area contributed by atoms with Crippen LogP contribution in [0.3, 0.4) is 0 Å². The summed E-state index contributed by atoms with van der Waals surface area (Å²) in [6.45, 7) is 4.40. The van der Waals surface area contributed by atoms with Gasteiger partial charge in [0.2, 0.25) is 0 Å². The first-order valence-corrected chi connectivity index (χ1v) is 8.13. The quantitative estimate of drug-likeness (QED) is 0.886. The first-order valence-electron chi connectivity index (χ1n) is 8.13. The van der Waals surface area contributed by atoms with Crippen molar-refractivity contribution in [1.29, 1.82) is 5.26 Å². The second-order valence-electron chi connectivity index (χ2n) is 6.59. The highest BCUT2D eigenvalue weighted by molar-refractivity contribution is 5.56. The van der Waals surface area contributed by atoms with Crippen LogP contribution in [0.2, 0.25) is 0 Å². The van der Waals surface area contributed by atoms with Crippen LogP contribution in [0.1, 0.15) is 41.4 Å². The second-order valence-corrected chi connectivity index (χ2v) is 6.59. The van der Waals surface area contributed by atoms with Gasteiger partial charge in [-0.3, -0.25) is 0 Å². The van der Waals surface area contributed by atoms with E-state index in [4.69, 9.17) is 0 Å². The van der Waals surface area contributed by atoms with Gasteiger partial charge in [-0.15, -0.1) is 10.2 Å². The molecule has 2 N–H and O–H groups in total. The molecule has 0 saturated heterocycles. The Morgan fingerprint density at radius 1 is 1.42 bits per heavy atom.